The molecule has 0 aliphatic carbocycles. The van der Waals surface area contributed by atoms with Crippen molar-refractivity contribution in [3.05, 3.63) is 35.8 Å². The van der Waals surface area contributed by atoms with E-state index in [1.165, 1.54) is 0 Å². The van der Waals surface area contributed by atoms with E-state index in [1.54, 1.807) is 11.3 Å². The number of hydrogen-bond acceptors (Lipinski definition) is 5. The predicted octanol–water partition coefficient (Wildman–Crippen LogP) is 3.00. The van der Waals surface area contributed by atoms with Gasteiger partial charge < -0.3 is 15.0 Å². The molecule has 1 aromatic heterocycles. The van der Waals surface area contributed by atoms with Crippen molar-refractivity contribution in [2.45, 2.75) is 31.3 Å². The molecular weight excluding hydrogens is 322 g/mol. The fourth-order valence-electron chi connectivity index (χ4n) is 3.50. The van der Waals surface area contributed by atoms with Crippen LogP contribution in [0, 0.1) is 0 Å². The maximum atomic E-state index is 12.7. The van der Waals surface area contributed by atoms with Crippen molar-refractivity contribution in [2.75, 3.05) is 25.1 Å². The molecule has 2 aliphatic rings. The van der Waals surface area contributed by atoms with Gasteiger partial charge in [-0.3, -0.25) is 4.79 Å². The van der Waals surface area contributed by atoms with Crippen molar-refractivity contribution in [3.63, 3.8) is 0 Å². The Kier molecular flexibility index (Phi) is 4.49. The van der Waals surface area contributed by atoms with Crippen molar-refractivity contribution < 1.29 is 9.53 Å². The maximum absolute atomic E-state index is 12.7. The molecule has 6 heteroatoms. The summed E-state index contributed by atoms with van der Waals surface area (Å²) in [6.07, 6.45) is 4.58. The number of hydrogen-bond donors (Lipinski definition) is 1. The number of carbonyl (C=O) groups excluding carboxylic acids is 1. The SMILES string of the molecule is O=C1C(Nc2cccc(-c3nccs3)c2)CCN1C1CCOCC1. The smallest absolute Gasteiger partial charge is 0.245 e. The lowest BCUT2D eigenvalue weighted by atomic mass is 10.1. The van der Waals surface area contributed by atoms with Gasteiger partial charge in [-0.15, -0.1) is 11.3 Å². The van der Waals surface area contributed by atoms with Gasteiger partial charge in [-0.1, -0.05) is 12.1 Å². The second kappa shape index (κ2) is 6.91. The molecule has 24 heavy (non-hydrogen) atoms. The number of rotatable bonds is 4. The molecule has 1 aromatic carbocycles. The van der Waals surface area contributed by atoms with Crippen LogP contribution in [0.1, 0.15) is 19.3 Å². The number of carbonyl (C=O) groups is 1. The zero-order chi connectivity index (χ0) is 16.4. The van der Waals surface area contributed by atoms with E-state index in [9.17, 15) is 4.79 Å². The van der Waals surface area contributed by atoms with Gasteiger partial charge in [0.05, 0.1) is 0 Å². The Morgan fingerprint density at radius 2 is 2.12 bits per heavy atom. The van der Waals surface area contributed by atoms with Crippen molar-refractivity contribution >= 4 is 22.9 Å². The zero-order valence-electron chi connectivity index (χ0n) is 13.5. The third kappa shape index (κ3) is 3.16. The van der Waals surface area contributed by atoms with Crippen LogP contribution >= 0.6 is 11.3 Å². The summed E-state index contributed by atoms with van der Waals surface area (Å²) in [4.78, 5) is 19.1. The highest BCUT2D eigenvalue weighted by molar-refractivity contribution is 7.13. The molecule has 2 aromatic rings. The first kappa shape index (κ1) is 15.6. The average molecular weight is 343 g/mol. The van der Waals surface area contributed by atoms with Crippen LogP contribution in [0.3, 0.4) is 0 Å². The summed E-state index contributed by atoms with van der Waals surface area (Å²) in [7, 11) is 0. The summed E-state index contributed by atoms with van der Waals surface area (Å²) in [5.41, 5.74) is 2.07. The fraction of sp³-hybridized carbons (Fsp3) is 0.444. The molecule has 2 fully saturated rings. The molecular formula is C18H21N3O2S. The Morgan fingerprint density at radius 3 is 2.92 bits per heavy atom. The number of aromatic nitrogens is 1. The monoisotopic (exact) mass is 343 g/mol. The maximum Gasteiger partial charge on any atom is 0.245 e. The Balaban J connectivity index is 1.44. The summed E-state index contributed by atoms with van der Waals surface area (Å²) >= 11 is 1.62. The molecule has 5 nitrogen and oxygen atoms in total. The lowest BCUT2D eigenvalue weighted by molar-refractivity contribution is -0.131. The number of nitrogens with one attached hydrogen (secondary N) is 1. The van der Waals surface area contributed by atoms with E-state index in [0.717, 1.165) is 55.3 Å². The van der Waals surface area contributed by atoms with Crippen LogP contribution < -0.4 is 5.32 Å². The number of ether oxygens (including phenoxy) is 1. The highest BCUT2D eigenvalue weighted by atomic mass is 32.1. The quantitative estimate of drug-likeness (QED) is 0.927. The molecule has 0 radical (unpaired) electrons. The van der Waals surface area contributed by atoms with Crippen LogP contribution in [0.4, 0.5) is 5.69 Å². The van der Waals surface area contributed by atoms with Crippen LogP contribution in [0.15, 0.2) is 35.8 Å². The first-order valence-corrected chi connectivity index (χ1v) is 9.34. The molecule has 1 unspecified atom stereocenters. The van der Waals surface area contributed by atoms with Gasteiger partial charge in [0.15, 0.2) is 0 Å². The van der Waals surface area contributed by atoms with Gasteiger partial charge in [-0.2, -0.15) is 0 Å². The van der Waals surface area contributed by atoms with Gasteiger partial charge in [-0.25, -0.2) is 4.98 Å². The van der Waals surface area contributed by atoms with Crippen LogP contribution in [0.2, 0.25) is 0 Å². The number of nitrogens with zero attached hydrogens (tertiary/aromatic N) is 2. The van der Waals surface area contributed by atoms with Gasteiger partial charge in [-0.05, 0) is 31.4 Å². The average Bonchev–Trinajstić information content (AvgIpc) is 3.27. The number of benzene rings is 1. The van der Waals surface area contributed by atoms with Gasteiger partial charge in [0.25, 0.3) is 0 Å². The number of anilines is 1. The highest BCUT2D eigenvalue weighted by Gasteiger charge is 2.36. The summed E-state index contributed by atoms with van der Waals surface area (Å²) in [5, 5.41) is 6.39. The number of amides is 1. The van der Waals surface area contributed by atoms with Crippen molar-refractivity contribution in [3.8, 4) is 10.6 Å². The Morgan fingerprint density at radius 1 is 1.25 bits per heavy atom. The fourth-order valence-corrected chi connectivity index (χ4v) is 4.14. The molecule has 1 N–H and O–H groups in total. The lowest BCUT2D eigenvalue weighted by Gasteiger charge is -2.31. The molecule has 1 amide bonds. The van der Waals surface area contributed by atoms with Gasteiger partial charge in [0, 0.05) is 48.6 Å². The summed E-state index contributed by atoms with van der Waals surface area (Å²) < 4.78 is 5.41. The molecule has 3 heterocycles. The van der Waals surface area contributed by atoms with Crippen molar-refractivity contribution in [2.24, 2.45) is 0 Å². The topological polar surface area (TPSA) is 54.5 Å². The molecule has 126 valence electrons. The second-order valence-electron chi connectivity index (χ2n) is 6.28. The third-order valence-corrected chi connectivity index (χ3v) is 5.58. The number of likely N-dealkylation sites (tertiary alicyclic amines) is 1. The molecule has 2 aliphatic heterocycles. The summed E-state index contributed by atoms with van der Waals surface area (Å²) in [6, 6.07) is 8.37. The first-order chi connectivity index (χ1) is 11.8. The summed E-state index contributed by atoms with van der Waals surface area (Å²) in [6.45, 7) is 2.37. The van der Waals surface area contributed by atoms with Gasteiger partial charge in [0.1, 0.15) is 11.0 Å². The minimum atomic E-state index is -0.126. The van der Waals surface area contributed by atoms with Crippen LogP contribution in [0.5, 0.6) is 0 Å². The summed E-state index contributed by atoms with van der Waals surface area (Å²) in [5.74, 6) is 0.224. The normalized spacial score (nSPS) is 22.1. The molecule has 0 bridgehead atoms. The van der Waals surface area contributed by atoms with E-state index in [4.69, 9.17) is 4.74 Å². The van der Waals surface area contributed by atoms with Crippen molar-refractivity contribution in [1.29, 1.82) is 0 Å². The van der Waals surface area contributed by atoms with E-state index in [-0.39, 0.29) is 11.9 Å². The first-order valence-electron chi connectivity index (χ1n) is 8.46. The number of thiazole rings is 1. The van der Waals surface area contributed by atoms with E-state index in [2.05, 4.69) is 22.4 Å². The van der Waals surface area contributed by atoms with Crippen molar-refractivity contribution in [1.82, 2.24) is 9.88 Å². The Bertz CT molecular complexity index is 698. The van der Waals surface area contributed by atoms with Crippen LogP contribution in [-0.4, -0.2) is 47.6 Å². The van der Waals surface area contributed by atoms with Gasteiger partial charge in [0.2, 0.25) is 5.91 Å². The second-order valence-corrected chi connectivity index (χ2v) is 7.17. The van der Waals surface area contributed by atoms with E-state index in [1.807, 2.05) is 28.6 Å². The largest absolute Gasteiger partial charge is 0.381 e. The van der Waals surface area contributed by atoms with Gasteiger partial charge >= 0.3 is 0 Å². The van der Waals surface area contributed by atoms with E-state index in [0.29, 0.717) is 6.04 Å². The minimum Gasteiger partial charge on any atom is -0.381 e. The Hall–Kier alpha value is -1.92. The minimum absolute atomic E-state index is 0.126. The molecule has 0 spiro atoms. The van der Waals surface area contributed by atoms with E-state index < -0.39 is 0 Å². The van der Waals surface area contributed by atoms with Crippen LogP contribution in [-0.2, 0) is 9.53 Å². The molecule has 0 saturated carbocycles. The van der Waals surface area contributed by atoms with Crippen LogP contribution in [0.25, 0.3) is 10.6 Å². The zero-order valence-corrected chi connectivity index (χ0v) is 14.3. The Labute approximate surface area is 145 Å². The predicted molar refractivity (Wildman–Crippen MR) is 95.1 cm³/mol. The van der Waals surface area contributed by atoms with E-state index >= 15 is 0 Å². The standard InChI is InChI=1S/C18H21N3O2S/c22-18-16(4-8-21(18)15-5-9-23-10-6-15)20-14-3-1-2-13(12-14)17-19-7-11-24-17/h1-3,7,11-12,15-16,20H,4-6,8-10H2. The molecule has 1 atom stereocenters. The lowest BCUT2D eigenvalue weighted by Crippen LogP contribution is -2.43. The third-order valence-electron chi connectivity index (χ3n) is 4.75. The highest BCUT2D eigenvalue weighted by Crippen LogP contribution is 2.27. The molecule has 4 rings (SSSR count). The molecule has 2 saturated heterocycles.